The molecule has 1 unspecified atom stereocenters. The molecule has 0 aliphatic heterocycles. The van der Waals surface area contributed by atoms with Crippen LogP contribution in [-0.2, 0) is 0 Å². The Morgan fingerprint density at radius 3 is 2.30 bits per heavy atom. The van der Waals surface area contributed by atoms with Gasteiger partial charge in [0.25, 0.3) is 0 Å². The monoisotopic (exact) mass is 161 g/mol. The predicted octanol–water partition coefficient (Wildman–Crippen LogP) is 2.08. The summed E-state index contributed by atoms with van der Waals surface area (Å²) in [6.07, 6.45) is 1.18. The van der Waals surface area contributed by atoms with Crippen molar-refractivity contribution in [1.29, 1.82) is 0 Å². The van der Waals surface area contributed by atoms with Gasteiger partial charge in [-0.1, -0.05) is 6.92 Å². The van der Waals surface area contributed by atoms with Crippen molar-refractivity contribution < 1.29 is 0 Å². The molecule has 10 heavy (non-hydrogen) atoms. The van der Waals surface area contributed by atoms with Gasteiger partial charge in [0.2, 0.25) is 0 Å². The lowest BCUT2D eigenvalue weighted by Crippen LogP contribution is -2.35. The molecule has 0 aromatic rings. The second-order valence-corrected chi connectivity index (χ2v) is 4.71. The molecule has 2 heteroatoms. The first-order valence-electron chi connectivity index (χ1n) is 3.91. The molecule has 1 nitrogen and oxygen atoms in total. The second-order valence-electron chi connectivity index (χ2n) is 3.50. The molecule has 0 aromatic carbocycles. The SMILES string of the molecule is CCC(C)NCC(C)(C)S. The summed E-state index contributed by atoms with van der Waals surface area (Å²) in [7, 11) is 0. The molecule has 0 aliphatic rings. The van der Waals surface area contributed by atoms with Crippen molar-refractivity contribution in [1.82, 2.24) is 5.32 Å². The van der Waals surface area contributed by atoms with E-state index in [1.807, 2.05) is 0 Å². The third-order valence-corrected chi connectivity index (χ3v) is 1.65. The van der Waals surface area contributed by atoms with Crippen molar-refractivity contribution >= 4 is 12.6 Å². The molecule has 0 saturated carbocycles. The van der Waals surface area contributed by atoms with Crippen molar-refractivity contribution in [2.45, 2.75) is 44.9 Å². The molecule has 0 amide bonds. The average molecular weight is 161 g/mol. The van der Waals surface area contributed by atoms with Crippen molar-refractivity contribution in [2.24, 2.45) is 0 Å². The van der Waals surface area contributed by atoms with E-state index in [0.29, 0.717) is 6.04 Å². The largest absolute Gasteiger partial charge is 0.313 e. The lowest BCUT2D eigenvalue weighted by molar-refractivity contribution is 0.498. The molecule has 0 aliphatic carbocycles. The van der Waals surface area contributed by atoms with Gasteiger partial charge in [-0.05, 0) is 27.2 Å². The van der Waals surface area contributed by atoms with Gasteiger partial charge in [0.05, 0.1) is 0 Å². The highest BCUT2D eigenvalue weighted by Crippen LogP contribution is 2.09. The molecular formula is C8H19NS. The van der Waals surface area contributed by atoms with Crippen LogP contribution in [0.25, 0.3) is 0 Å². The van der Waals surface area contributed by atoms with E-state index in [0.717, 1.165) is 6.54 Å². The third kappa shape index (κ3) is 6.43. The normalized spacial score (nSPS) is 15.3. The zero-order chi connectivity index (χ0) is 8.20. The molecule has 1 atom stereocenters. The molecule has 0 heterocycles. The van der Waals surface area contributed by atoms with Crippen LogP contribution in [0, 0.1) is 0 Å². The van der Waals surface area contributed by atoms with Crippen LogP contribution in [0.3, 0.4) is 0 Å². The van der Waals surface area contributed by atoms with Gasteiger partial charge < -0.3 is 5.32 Å². The third-order valence-electron chi connectivity index (χ3n) is 1.50. The quantitative estimate of drug-likeness (QED) is 0.602. The van der Waals surface area contributed by atoms with Crippen LogP contribution in [-0.4, -0.2) is 17.3 Å². The fourth-order valence-electron chi connectivity index (χ4n) is 0.568. The first-order valence-corrected chi connectivity index (χ1v) is 4.36. The zero-order valence-corrected chi connectivity index (χ0v) is 8.33. The molecule has 0 radical (unpaired) electrons. The van der Waals surface area contributed by atoms with Gasteiger partial charge in [0.15, 0.2) is 0 Å². The summed E-state index contributed by atoms with van der Waals surface area (Å²) >= 11 is 4.41. The van der Waals surface area contributed by atoms with E-state index in [1.165, 1.54) is 6.42 Å². The topological polar surface area (TPSA) is 12.0 Å². The predicted molar refractivity (Wildman–Crippen MR) is 50.8 cm³/mol. The van der Waals surface area contributed by atoms with E-state index in [1.54, 1.807) is 0 Å². The number of rotatable bonds is 4. The van der Waals surface area contributed by atoms with Gasteiger partial charge in [-0.3, -0.25) is 0 Å². The van der Waals surface area contributed by atoms with Crippen molar-refractivity contribution in [3.05, 3.63) is 0 Å². The number of hydrogen-bond donors (Lipinski definition) is 2. The lowest BCUT2D eigenvalue weighted by Gasteiger charge is -2.20. The maximum Gasteiger partial charge on any atom is 0.0198 e. The summed E-state index contributed by atoms with van der Waals surface area (Å²) in [5.41, 5.74) is 0. The molecule has 0 saturated heterocycles. The maximum atomic E-state index is 4.41. The average Bonchev–Trinajstić information content (AvgIpc) is 1.81. The Morgan fingerprint density at radius 1 is 1.50 bits per heavy atom. The summed E-state index contributed by atoms with van der Waals surface area (Å²) < 4.78 is 0.115. The minimum Gasteiger partial charge on any atom is -0.313 e. The minimum absolute atomic E-state index is 0.115. The summed E-state index contributed by atoms with van der Waals surface area (Å²) in [6, 6.07) is 0.617. The Bertz CT molecular complexity index is 85.7. The number of hydrogen-bond acceptors (Lipinski definition) is 2. The molecule has 0 spiro atoms. The molecule has 0 aromatic heterocycles. The van der Waals surface area contributed by atoms with Crippen LogP contribution in [0.4, 0.5) is 0 Å². The Labute approximate surface area is 70.0 Å². The van der Waals surface area contributed by atoms with Gasteiger partial charge >= 0.3 is 0 Å². The number of thiol groups is 1. The summed E-state index contributed by atoms with van der Waals surface area (Å²) in [6.45, 7) is 9.59. The standard InChI is InChI=1S/C8H19NS/c1-5-7(2)9-6-8(3,4)10/h7,9-10H,5-6H2,1-4H3. The summed E-state index contributed by atoms with van der Waals surface area (Å²) in [5, 5.41) is 3.40. The highest BCUT2D eigenvalue weighted by atomic mass is 32.1. The Morgan fingerprint density at radius 2 is 2.00 bits per heavy atom. The van der Waals surface area contributed by atoms with E-state index < -0.39 is 0 Å². The van der Waals surface area contributed by atoms with Crippen LogP contribution in [0.5, 0.6) is 0 Å². The summed E-state index contributed by atoms with van der Waals surface area (Å²) in [4.78, 5) is 0. The summed E-state index contributed by atoms with van der Waals surface area (Å²) in [5.74, 6) is 0. The highest BCUT2D eigenvalue weighted by molar-refractivity contribution is 7.81. The zero-order valence-electron chi connectivity index (χ0n) is 7.44. The number of nitrogens with one attached hydrogen (secondary N) is 1. The van der Waals surface area contributed by atoms with Crippen LogP contribution >= 0.6 is 12.6 Å². The van der Waals surface area contributed by atoms with Crippen molar-refractivity contribution in [3.8, 4) is 0 Å². The van der Waals surface area contributed by atoms with Crippen molar-refractivity contribution in [3.63, 3.8) is 0 Å². The Balaban J connectivity index is 3.36. The molecule has 62 valence electrons. The first kappa shape index (κ1) is 10.3. The molecule has 1 N–H and O–H groups in total. The van der Waals surface area contributed by atoms with Gasteiger partial charge in [0.1, 0.15) is 0 Å². The molecule has 0 bridgehead atoms. The maximum absolute atomic E-state index is 4.41. The highest BCUT2D eigenvalue weighted by Gasteiger charge is 2.11. The van der Waals surface area contributed by atoms with Gasteiger partial charge in [-0.25, -0.2) is 0 Å². The Kier molecular flexibility index (Phi) is 4.37. The van der Waals surface area contributed by atoms with Crippen LogP contribution in [0.2, 0.25) is 0 Å². The van der Waals surface area contributed by atoms with Crippen LogP contribution in [0.15, 0.2) is 0 Å². The van der Waals surface area contributed by atoms with Gasteiger partial charge in [-0.15, -0.1) is 0 Å². The first-order chi connectivity index (χ1) is 4.45. The molecular weight excluding hydrogens is 142 g/mol. The minimum atomic E-state index is 0.115. The van der Waals surface area contributed by atoms with Crippen molar-refractivity contribution in [2.75, 3.05) is 6.54 Å². The second kappa shape index (κ2) is 4.24. The molecule has 0 rings (SSSR count). The molecule has 0 fully saturated rings. The smallest absolute Gasteiger partial charge is 0.0198 e. The fraction of sp³-hybridized carbons (Fsp3) is 1.00. The Hall–Kier alpha value is 0.310. The van der Waals surface area contributed by atoms with E-state index in [2.05, 4.69) is 45.6 Å². The van der Waals surface area contributed by atoms with E-state index in [4.69, 9.17) is 0 Å². The van der Waals surface area contributed by atoms with Crippen LogP contribution in [0.1, 0.15) is 34.1 Å². The van der Waals surface area contributed by atoms with E-state index in [9.17, 15) is 0 Å². The lowest BCUT2D eigenvalue weighted by atomic mass is 10.2. The van der Waals surface area contributed by atoms with Gasteiger partial charge in [0, 0.05) is 17.3 Å². The van der Waals surface area contributed by atoms with Gasteiger partial charge in [-0.2, -0.15) is 12.6 Å². The van der Waals surface area contributed by atoms with Crippen LogP contribution < -0.4 is 5.32 Å². The van der Waals surface area contributed by atoms with E-state index in [-0.39, 0.29) is 4.75 Å². The van der Waals surface area contributed by atoms with E-state index >= 15 is 0 Å². The fourth-order valence-corrected chi connectivity index (χ4v) is 0.660.